The molecule has 0 fully saturated rings. The molecule has 0 aliphatic rings. The number of esters is 1. The van der Waals surface area contributed by atoms with Crippen molar-refractivity contribution in [3.8, 4) is 5.75 Å². The number of methoxy groups -OCH3 is 1. The molecule has 0 aliphatic carbocycles. The third-order valence-electron chi connectivity index (χ3n) is 2.85. The second-order valence-corrected chi connectivity index (χ2v) is 5.91. The summed E-state index contributed by atoms with van der Waals surface area (Å²) in [4.78, 5) is 27.1. The fourth-order valence-corrected chi connectivity index (χ4v) is 2.52. The van der Waals surface area contributed by atoms with Crippen molar-refractivity contribution in [3.05, 3.63) is 39.9 Å². The summed E-state index contributed by atoms with van der Waals surface area (Å²) in [5.41, 5.74) is 1.42. The first kappa shape index (κ1) is 17.2. The van der Waals surface area contributed by atoms with Gasteiger partial charge in [-0.3, -0.25) is 14.9 Å². The molecule has 0 aliphatic heterocycles. The van der Waals surface area contributed by atoms with Crippen molar-refractivity contribution in [1.29, 1.82) is 0 Å². The maximum atomic E-state index is 11.8. The van der Waals surface area contributed by atoms with Crippen LogP contribution in [0, 0.1) is 6.92 Å². The van der Waals surface area contributed by atoms with Gasteiger partial charge in [0.05, 0.1) is 19.2 Å². The Morgan fingerprint density at radius 3 is 2.87 bits per heavy atom. The average molecular weight is 355 g/mol. The number of ether oxygens (including phenoxy) is 2. The van der Waals surface area contributed by atoms with Crippen molar-refractivity contribution in [3.63, 3.8) is 0 Å². The molecule has 2 aromatic rings. The Bertz CT molecular complexity index is 717. The van der Waals surface area contributed by atoms with Gasteiger partial charge in [0.1, 0.15) is 5.75 Å². The number of carbonyl (C=O) groups is 2. The summed E-state index contributed by atoms with van der Waals surface area (Å²) in [6, 6.07) is 5.16. The summed E-state index contributed by atoms with van der Waals surface area (Å²) in [5, 5.41) is 5.35. The molecule has 8 heteroatoms. The number of rotatable bonds is 6. The number of nitrogens with zero attached hydrogens (tertiary/aromatic N) is 1. The van der Waals surface area contributed by atoms with Gasteiger partial charge in [0.25, 0.3) is 5.91 Å². The minimum atomic E-state index is -0.380. The molecular weight excluding hydrogens is 340 g/mol. The number of carbonyl (C=O) groups excluding carboxylic acids is 2. The van der Waals surface area contributed by atoms with Crippen LogP contribution >= 0.6 is 22.9 Å². The van der Waals surface area contributed by atoms with E-state index in [1.54, 1.807) is 23.6 Å². The number of thiazole rings is 1. The van der Waals surface area contributed by atoms with Crippen LogP contribution in [0.2, 0.25) is 5.02 Å². The number of aryl methyl sites for hydroxylation is 1. The number of benzene rings is 1. The van der Waals surface area contributed by atoms with Gasteiger partial charge in [-0.25, -0.2) is 4.98 Å². The van der Waals surface area contributed by atoms with Crippen LogP contribution < -0.4 is 10.1 Å². The van der Waals surface area contributed by atoms with Gasteiger partial charge in [-0.1, -0.05) is 11.6 Å². The van der Waals surface area contributed by atoms with Gasteiger partial charge in [0, 0.05) is 10.4 Å². The smallest absolute Gasteiger partial charge is 0.311 e. The van der Waals surface area contributed by atoms with Gasteiger partial charge in [0.2, 0.25) is 0 Å². The quantitative estimate of drug-likeness (QED) is 0.807. The molecular formula is C15H15ClN2O4S. The van der Waals surface area contributed by atoms with Crippen LogP contribution in [-0.2, 0) is 20.7 Å². The Balaban J connectivity index is 1.85. The molecule has 0 spiro atoms. The van der Waals surface area contributed by atoms with Gasteiger partial charge >= 0.3 is 5.97 Å². The molecule has 0 unspecified atom stereocenters. The molecule has 2 rings (SSSR count). The zero-order chi connectivity index (χ0) is 16.8. The fraction of sp³-hybridized carbons (Fsp3) is 0.267. The van der Waals surface area contributed by atoms with Crippen LogP contribution in [0.4, 0.5) is 5.13 Å². The first-order valence-electron chi connectivity index (χ1n) is 6.68. The molecule has 1 aromatic heterocycles. The largest absolute Gasteiger partial charge is 0.484 e. The molecule has 23 heavy (non-hydrogen) atoms. The molecule has 6 nitrogen and oxygen atoms in total. The molecule has 0 saturated carbocycles. The van der Waals surface area contributed by atoms with Crippen molar-refractivity contribution in [2.75, 3.05) is 19.0 Å². The van der Waals surface area contributed by atoms with Crippen LogP contribution in [0.15, 0.2) is 23.6 Å². The lowest BCUT2D eigenvalue weighted by molar-refractivity contribution is -0.139. The molecule has 0 saturated heterocycles. The van der Waals surface area contributed by atoms with Crippen LogP contribution in [0.1, 0.15) is 11.3 Å². The van der Waals surface area contributed by atoms with E-state index in [-0.39, 0.29) is 24.9 Å². The molecule has 122 valence electrons. The molecule has 0 atom stereocenters. The first-order valence-corrected chi connectivity index (χ1v) is 7.93. The van der Waals surface area contributed by atoms with Gasteiger partial charge < -0.3 is 9.47 Å². The van der Waals surface area contributed by atoms with E-state index in [0.717, 1.165) is 5.56 Å². The van der Waals surface area contributed by atoms with Crippen molar-refractivity contribution in [1.82, 2.24) is 4.98 Å². The van der Waals surface area contributed by atoms with Gasteiger partial charge in [-0.2, -0.15) is 0 Å². The summed E-state index contributed by atoms with van der Waals surface area (Å²) in [6.07, 6.45) is 0.0728. The van der Waals surface area contributed by atoms with E-state index in [1.165, 1.54) is 18.4 Å². The van der Waals surface area contributed by atoms with E-state index in [2.05, 4.69) is 15.0 Å². The predicted octanol–water partition coefficient (Wildman–Crippen LogP) is 2.84. The standard InChI is InChI=1S/C15H15ClN2O4S/c1-9-5-11(3-4-12(9)16)22-7-13(19)18-15-17-10(8-23-15)6-14(20)21-2/h3-5,8H,6-7H2,1-2H3,(H,17,18,19). The van der Waals surface area contributed by atoms with Gasteiger partial charge in [-0.15, -0.1) is 11.3 Å². The van der Waals surface area contributed by atoms with Crippen molar-refractivity contribution in [2.45, 2.75) is 13.3 Å². The first-order chi connectivity index (χ1) is 11.0. The SMILES string of the molecule is COC(=O)Cc1csc(NC(=O)COc2ccc(Cl)c(C)c2)n1. The molecule has 0 bridgehead atoms. The van der Waals surface area contributed by atoms with E-state index < -0.39 is 0 Å². The zero-order valence-corrected chi connectivity index (χ0v) is 14.2. The molecule has 1 amide bonds. The van der Waals surface area contributed by atoms with Crippen molar-refractivity contribution < 1.29 is 19.1 Å². The summed E-state index contributed by atoms with van der Waals surface area (Å²) in [6.45, 7) is 1.71. The number of nitrogens with one attached hydrogen (secondary N) is 1. The Morgan fingerprint density at radius 1 is 1.39 bits per heavy atom. The van der Waals surface area contributed by atoms with E-state index in [1.807, 2.05) is 6.92 Å². The Kier molecular flexibility index (Phi) is 5.95. The highest BCUT2D eigenvalue weighted by atomic mass is 35.5. The summed E-state index contributed by atoms with van der Waals surface area (Å²) >= 11 is 7.16. The number of hydrogen-bond donors (Lipinski definition) is 1. The van der Waals surface area contributed by atoms with E-state index >= 15 is 0 Å². The van der Waals surface area contributed by atoms with Gasteiger partial charge in [-0.05, 0) is 30.7 Å². The molecule has 0 radical (unpaired) electrons. The maximum Gasteiger partial charge on any atom is 0.311 e. The fourth-order valence-electron chi connectivity index (χ4n) is 1.68. The summed E-state index contributed by atoms with van der Waals surface area (Å²) < 4.78 is 9.96. The third-order valence-corrected chi connectivity index (χ3v) is 4.08. The highest BCUT2D eigenvalue weighted by molar-refractivity contribution is 7.13. The van der Waals surface area contributed by atoms with Crippen molar-refractivity contribution in [2.24, 2.45) is 0 Å². The maximum absolute atomic E-state index is 11.8. The lowest BCUT2D eigenvalue weighted by atomic mass is 10.2. The predicted molar refractivity (Wildman–Crippen MR) is 88.1 cm³/mol. The monoisotopic (exact) mass is 354 g/mol. The zero-order valence-electron chi connectivity index (χ0n) is 12.6. The summed E-state index contributed by atoms with van der Waals surface area (Å²) in [5.74, 6) is -0.154. The van der Waals surface area contributed by atoms with Gasteiger partial charge in [0.15, 0.2) is 11.7 Å². The topological polar surface area (TPSA) is 77.5 Å². The van der Waals surface area contributed by atoms with E-state index in [0.29, 0.717) is 21.6 Å². The lowest BCUT2D eigenvalue weighted by Crippen LogP contribution is -2.20. The number of aromatic nitrogens is 1. The number of halogens is 1. The second kappa shape index (κ2) is 7.94. The Labute approximate surface area is 142 Å². The van der Waals surface area contributed by atoms with Crippen molar-refractivity contribution >= 4 is 39.9 Å². The highest BCUT2D eigenvalue weighted by Gasteiger charge is 2.10. The number of hydrogen-bond acceptors (Lipinski definition) is 6. The van der Waals surface area contributed by atoms with Crippen LogP contribution in [0.25, 0.3) is 0 Å². The average Bonchev–Trinajstić information content (AvgIpc) is 2.95. The normalized spacial score (nSPS) is 10.2. The molecule has 1 N–H and O–H groups in total. The molecule has 1 heterocycles. The number of amides is 1. The molecule has 1 aromatic carbocycles. The Morgan fingerprint density at radius 2 is 2.17 bits per heavy atom. The third kappa shape index (κ3) is 5.22. The van der Waals surface area contributed by atoms with Crippen LogP contribution in [0.3, 0.4) is 0 Å². The summed E-state index contributed by atoms with van der Waals surface area (Å²) in [7, 11) is 1.31. The lowest BCUT2D eigenvalue weighted by Gasteiger charge is -2.07. The van der Waals surface area contributed by atoms with Crippen LogP contribution in [0.5, 0.6) is 5.75 Å². The highest BCUT2D eigenvalue weighted by Crippen LogP contribution is 2.21. The minimum absolute atomic E-state index is 0.0728. The van der Waals surface area contributed by atoms with Crippen LogP contribution in [-0.4, -0.2) is 30.6 Å². The number of anilines is 1. The minimum Gasteiger partial charge on any atom is -0.484 e. The van der Waals surface area contributed by atoms with E-state index in [9.17, 15) is 9.59 Å². The Hall–Kier alpha value is -2.12. The second-order valence-electron chi connectivity index (χ2n) is 4.64. The van der Waals surface area contributed by atoms with E-state index in [4.69, 9.17) is 16.3 Å².